The third-order valence-corrected chi connectivity index (χ3v) is 3.31. The third kappa shape index (κ3) is 3.68. The Kier molecular flexibility index (Phi) is 5.00. The normalized spacial score (nSPS) is 10.6. The van der Waals surface area contributed by atoms with Crippen LogP contribution < -0.4 is 11.1 Å². The molecule has 0 unspecified atom stereocenters. The second-order valence-corrected chi connectivity index (χ2v) is 4.78. The highest BCUT2D eigenvalue weighted by atomic mass is 19.3. The number of amides is 1. The highest BCUT2D eigenvalue weighted by Gasteiger charge is 2.16. The van der Waals surface area contributed by atoms with E-state index in [1.807, 2.05) is 0 Å². The number of benzene rings is 2. The predicted octanol–water partition coefficient (Wildman–Crippen LogP) is 3.27. The molecule has 0 aliphatic carbocycles. The molecule has 1 amide bonds. The lowest BCUT2D eigenvalue weighted by Crippen LogP contribution is -2.23. The van der Waals surface area contributed by atoms with E-state index in [4.69, 9.17) is 11.1 Å². The number of hydrogen-bond donors (Lipinski definition) is 3. The van der Waals surface area contributed by atoms with Crippen LogP contribution in [0, 0.1) is 11.2 Å². The van der Waals surface area contributed by atoms with Gasteiger partial charge < -0.3 is 16.5 Å². The number of hydrogen-bond acceptors (Lipinski definition) is 3. The molecule has 7 heteroatoms. The molecule has 0 saturated carbocycles. The summed E-state index contributed by atoms with van der Waals surface area (Å²) in [5.74, 6) is -1.74. The zero-order valence-corrected chi connectivity index (χ0v) is 11.9. The number of carbonyl (C=O) groups is 1. The molecule has 4 N–H and O–H groups in total. The summed E-state index contributed by atoms with van der Waals surface area (Å²) in [6, 6.07) is 7.80. The summed E-state index contributed by atoms with van der Waals surface area (Å²) in [7, 11) is 0. The van der Waals surface area contributed by atoms with Crippen molar-refractivity contribution in [3.8, 4) is 0 Å². The van der Waals surface area contributed by atoms with Gasteiger partial charge in [-0.05, 0) is 29.8 Å². The van der Waals surface area contributed by atoms with Crippen LogP contribution in [-0.4, -0.2) is 12.1 Å². The SMILES string of the molecule is N=Cc1c(N)cccc1CNC(=O)c1ccc(C(F)F)c(F)c1. The van der Waals surface area contributed by atoms with Crippen LogP contribution in [0.4, 0.5) is 18.9 Å². The molecule has 0 fully saturated rings. The number of alkyl halides is 2. The van der Waals surface area contributed by atoms with Gasteiger partial charge in [-0.1, -0.05) is 12.1 Å². The van der Waals surface area contributed by atoms with Crippen LogP contribution in [0.2, 0.25) is 0 Å². The third-order valence-electron chi connectivity index (χ3n) is 3.31. The van der Waals surface area contributed by atoms with Crippen LogP contribution in [-0.2, 0) is 6.54 Å². The Bertz CT molecular complexity index is 747. The second-order valence-electron chi connectivity index (χ2n) is 4.78. The fourth-order valence-electron chi connectivity index (χ4n) is 2.09. The fourth-order valence-corrected chi connectivity index (χ4v) is 2.09. The molecule has 0 radical (unpaired) electrons. The first-order valence-electron chi connectivity index (χ1n) is 6.67. The van der Waals surface area contributed by atoms with Gasteiger partial charge in [0.25, 0.3) is 12.3 Å². The molecule has 120 valence electrons. The maximum Gasteiger partial charge on any atom is 0.266 e. The fraction of sp³-hybridized carbons (Fsp3) is 0.125. The van der Waals surface area contributed by atoms with Crippen LogP contribution in [0.5, 0.6) is 0 Å². The summed E-state index contributed by atoms with van der Waals surface area (Å²) in [5.41, 5.74) is 6.42. The summed E-state index contributed by atoms with van der Waals surface area (Å²) in [6.07, 6.45) is -1.86. The summed E-state index contributed by atoms with van der Waals surface area (Å²) in [6.45, 7) is 0.0762. The Morgan fingerprint density at radius 3 is 2.65 bits per heavy atom. The molecule has 0 saturated heterocycles. The van der Waals surface area contributed by atoms with Crippen molar-refractivity contribution < 1.29 is 18.0 Å². The molecule has 2 rings (SSSR count). The van der Waals surface area contributed by atoms with Crippen LogP contribution >= 0.6 is 0 Å². The quantitative estimate of drug-likeness (QED) is 0.584. The smallest absolute Gasteiger partial charge is 0.266 e. The van der Waals surface area contributed by atoms with Gasteiger partial charge in [0.15, 0.2) is 0 Å². The monoisotopic (exact) mass is 321 g/mol. The van der Waals surface area contributed by atoms with Crippen molar-refractivity contribution >= 4 is 17.8 Å². The van der Waals surface area contributed by atoms with Gasteiger partial charge in [0.05, 0.1) is 5.56 Å². The molecule has 0 bridgehead atoms. The van der Waals surface area contributed by atoms with Crippen molar-refractivity contribution in [3.63, 3.8) is 0 Å². The van der Waals surface area contributed by atoms with Crippen molar-refractivity contribution in [2.75, 3.05) is 5.73 Å². The first kappa shape index (κ1) is 16.5. The average Bonchev–Trinajstić information content (AvgIpc) is 2.52. The maximum absolute atomic E-state index is 13.5. The van der Waals surface area contributed by atoms with Crippen molar-refractivity contribution in [2.24, 2.45) is 0 Å². The minimum Gasteiger partial charge on any atom is -0.398 e. The van der Waals surface area contributed by atoms with E-state index in [2.05, 4.69) is 5.32 Å². The van der Waals surface area contributed by atoms with Crippen molar-refractivity contribution in [3.05, 3.63) is 64.5 Å². The Morgan fingerprint density at radius 2 is 2.04 bits per heavy atom. The lowest BCUT2D eigenvalue weighted by Gasteiger charge is -2.10. The lowest BCUT2D eigenvalue weighted by molar-refractivity contribution is 0.0949. The maximum atomic E-state index is 13.5. The van der Waals surface area contributed by atoms with Crippen molar-refractivity contribution in [1.29, 1.82) is 5.41 Å². The van der Waals surface area contributed by atoms with Crippen LogP contribution in [0.1, 0.15) is 33.5 Å². The van der Waals surface area contributed by atoms with E-state index in [0.717, 1.165) is 24.4 Å². The standard InChI is InChI=1S/C16H14F3N3O/c17-13-6-9(4-5-11(13)15(18)19)16(23)22-8-10-2-1-3-14(21)12(10)7-20/h1-7,15,20H,8,21H2,(H,22,23). The van der Waals surface area contributed by atoms with Gasteiger partial charge in [-0.25, -0.2) is 13.2 Å². The van der Waals surface area contributed by atoms with Crippen LogP contribution in [0.3, 0.4) is 0 Å². The molecular weight excluding hydrogens is 307 g/mol. The molecule has 0 spiro atoms. The number of halogens is 3. The number of anilines is 1. The number of carbonyl (C=O) groups excluding carboxylic acids is 1. The molecule has 2 aromatic carbocycles. The summed E-state index contributed by atoms with van der Waals surface area (Å²) in [4.78, 5) is 12.0. The number of nitrogens with two attached hydrogens (primary N) is 1. The topological polar surface area (TPSA) is 79.0 Å². The predicted molar refractivity (Wildman–Crippen MR) is 81.3 cm³/mol. The van der Waals surface area contributed by atoms with Gasteiger partial charge in [0.1, 0.15) is 5.82 Å². The summed E-state index contributed by atoms with van der Waals surface area (Å²) in [5, 5.41) is 9.87. The van der Waals surface area contributed by atoms with Gasteiger partial charge in [-0.3, -0.25) is 4.79 Å². The summed E-state index contributed by atoms with van der Waals surface area (Å²) < 4.78 is 38.4. The highest BCUT2D eigenvalue weighted by Crippen LogP contribution is 2.22. The molecule has 0 aliphatic heterocycles. The largest absolute Gasteiger partial charge is 0.398 e. The van der Waals surface area contributed by atoms with Crippen molar-refractivity contribution in [1.82, 2.24) is 5.32 Å². The van der Waals surface area contributed by atoms with Gasteiger partial charge in [-0.15, -0.1) is 0 Å². The summed E-state index contributed by atoms with van der Waals surface area (Å²) >= 11 is 0. The number of nitrogen functional groups attached to an aromatic ring is 1. The first-order valence-corrected chi connectivity index (χ1v) is 6.67. The Labute approximate surface area is 130 Å². The molecule has 0 aromatic heterocycles. The van der Waals surface area contributed by atoms with Crippen LogP contribution in [0.25, 0.3) is 0 Å². The molecule has 23 heavy (non-hydrogen) atoms. The Balaban J connectivity index is 2.13. The van der Waals surface area contributed by atoms with E-state index in [9.17, 15) is 18.0 Å². The average molecular weight is 321 g/mol. The number of nitrogens with one attached hydrogen (secondary N) is 2. The molecular formula is C16H14F3N3O. The molecule has 0 atom stereocenters. The number of rotatable bonds is 5. The van der Waals surface area contributed by atoms with Gasteiger partial charge in [0.2, 0.25) is 0 Å². The van der Waals surface area contributed by atoms with E-state index in [-0.39, 0.29) is 12.1 Å². The van der Waals surface area contributed by atoms with E-state index in [1.54, 1.807) is 18.2 Å². The minimum absolute atomic E-state index is 0.0628. The Hall–Kier alpha value is -2.83. The van der Waals surface area contributed by atoms with Gasteiger partial charge >= 0.3 is 0 Å². The highest BCUT2D eigenvalue weighted by molar-refractivity contribution is 5.94. The second kappa shape index (κ2) is 6.95. The van der Waals surface area contributed by atoms with Crippen LogP contribution in [0.15, 0.2) is 36.4 Å². The lowest BCUT2D eigenvalue weighted by atomic mass is 10.1. The van der Waals surface area contributed by atoms with E-state index in [1.165, 1.54) is 0 Å². The van der Waals surface area contributed by atoms with Gasteiger partial charge in [0, 0.05) is 29.6 Å². The van der Waals surface area contributed by atoms with Crippen molar-refractivity contribution in [2.45, 2.75) is 13.0 Å². The van der Waals surface area contributed by atoms with Gasteiger partial charge in [-0.2, -0.15) is 0 Å². The molecule has 4 nitrogen and oxygen atoms in total. The first-order chi connectivity index (χ1) is 10.9. The van der Waals surface area contributed by atoms with E-state index < -0.39 is 23.7 Å². The molecule has 2 aromatic rings. The Morgan fingerprint density at radius 1 is 1.30 bits per heavy atom. The molecule has 0 heterocycles. The van der Waals surface area contributed by atoms with E-state index in [0.29, 0.717) is 16.8 Å². The molecule has 0 aliphatic rings. The minimum atomic E-state index is -2.94. The zero-order valence-electron chi connectivity index (χ0n) is 11.9. The zero-order chi connectivity index (χ0) is 17.0. The van der Waals surface area contributed by atoms with E-state index >= 15 is 0 Å².